The fourth-order valence-corrected chi connectivity index (χ4v) is 11.9. The highest BCUT2D eigenvalue weighted by Gasteiger charge is 2.44. The van der Waals surface area contributed by atoms with Crippen molar-refractivity contribution >= 4 is 11.9 Å². The van der Waals surface area contributed by atoms with Crippen molar-refractivity contribution in [1.29, 1.82) is 0 Å². The number of aliphatic hydroxyl groups excluding tert-OH is 5. The summed E-state index contributed by atoms with van der Waals surface area (Å²) in [6, 6.07) is -0.832. The molecule has 0 radical (unpaired) electrons. The van der Waals surface area contributed by atoms with Gasteiger partial charge < -0.3 is 45.1 Å². The first kappa shape index (κ1) is 86.9. The Bertz CT molecular complexity index is 1810. The van der Waals surface area contributed by atoms with E-state index in [4.69, 9.17) is 14.2 Å². The lowest BCUT2D eigenvalue weighted by Gasteiger charge is -2.40. The summed E-state index contributed by atoms with van der Waals surface area (Å²) in [4.78, 5) is 25.1. The number of carbonyl (C=O) groups excluding carboxylic acids is 2. The van der Waals surface area contributed by atoms with Gasteiger partial charge in [-0.1, -0.05) is 310 Å². The maximum Gasteiger partial charge on any atom is 0.305 e. The lowest BCUT2D eigenvalue weighted by atomic mass is 9.99. The molecule has 11 heteroatoms. The minimum Gasteiger partial charge on any atom is -0.466 e. The van der Waals surface area contributed by atoms with Crippen LogP contribution in [0.15, 0.2) is 85.1 Å². The quantitative estimate of drug-likeness (QED) is 0.0195. The molecule has 1 saturated heterocycles. The van der Waals surface area contributed by atoms with Gasteiger partial charge in [0, 0.05) is 12.8 Å². The summed E-state index contributed by atoms with van der Waals surface area (Å²) in [7, 11) is 0. The van der Waals surface area contributed by atoms with Crippen molar-refractivity contribution in [3.63, 3.8) is 0 Å². The minimum atomic E-state index is -1.58. The maximum atomic E-state index is 13.0. The molecule has 0 saturated carbocycles. The standard InChI is InChI=1S/C81H145NO10/c1-3-5-7-9-11-13-14-15-16-43-46-49-53-57-61-65-69-77(86)90-70-66-62-58-54-50-47-44-41-39-37-35-33-31-29-27-25-23-21-19-17-18-20-22-24-26-28-30-32-34-36-38-40-42-45-48-52-56-60-64-68-76(85)82-73(74(84)67-63-59-55-51-12-10-8-6-4-2)72-91-81-80(89)79(88)78(87)75(71-83)92-81/h4,6,12-14,16-18,21,23,43,51,63,67,73-75,78-81,83-84,87-89H,3,5,7-11,15,19-20,22,24-42,44-50,52-62,64-66,68-72H2,1-2H3,(H,82,85)/b6-4+,14-13-,18-17-,23-21-,43-16-,51-12+,67-63+. The van der Waals surface area contributed by atoms with E-state index < -0.39 is 49.5 Å². The molecule has 1 rings (SSSR count). The van der Waals surface area contributed by atoms with Gasteiger partial charge in [0.1, 0.15) is 24.4 Å². The molecule has 0 aromatic heterocycles. The number of carbonyl (C=O) groups is 2. The van der Waals surface area contributed by atoms with E-state index in [1.807, 2.05) is 19.1 Å². The average Bonchev–Trinajstić information content (AvgIpc) is 0.924. The number of unbranched alkanes of at least 4 members (excludes halogenated alkanes) is 43. The lowest BCUT2D eigenvalue weighted by Crippen LogP contribution is -2.60. The zero-order valence-corrected chi connectivity index (χ0v) is 59.5. The first-order valence-corrected chi connectivity index (χ1v) is 38.8. The fraction of sp³-hybridized carbons (Fsp3) is 0.802. The van der Waals surface area contributed by atoms with Crippen LogP contribution in [0.1, 0.15) is 354 Å². The van der Waals surface area contributed by atoms with E-state index in [9.17, 15) is 35.1 Å². The van der Waals surface area contributed by atoms with Crippen LogP contribution in [0.3, 0.4) is 0 Å². The Hall–Kier alpha value is -3.16. The largest absolute Gasteiger partial charge is 0.466 e. The molecule has 0 aromatic rings. The summed E-state index contributed by atoms with van der Waals surface area (Å²) in [5, 5.41) is 54.3. The van der Waals surface area contributed by atoms with Crippen LogP contribution in [-0.4, -0.2) is 100 Å². The van der Waals surface area contributed by atoms with Crippen LogP contribution in [0.5, 0.6) is 0 Å². The number of nitrogens with one attached hydrogen (secondary N) is 1. The van der Waals surface area contributed by atoms with Gasteiger partial charge in [-0.05, 0) is 116 Å². The van der Waals surface area contributed by atoms with Crippen molar-refractivity contribution in [1.82, 2.24) is 5.32 Å². The zero-order valence-electron chi connectivity index (χ0n) is 59.5. The van der Waals surface area contributed by atoms with Crippen LogP contribution >= 0.6 is 0 Å². The molecule has 92 heavy (non-hydrogen) atoms. The van der Waals surface area contributed by atoms with Gasteiger partial charge in [0.15, 0.2) is 6.29 Å². The number of allylic oxidation sites excluding steroid dienone is 13. The number of ether oxygens (including phenoxy) is 3. The molecule has 1 aliphatic heterocycles. The molecular formula is C81H145NO10. The second kappa shape index (κ2) is 69.2. The molecule has 0 aromatic carbocycles. The van der Waals surface area contributed by atoms with E-state index in [0.717, 1.165) is 77.0 Å². The molecule has 1 heterocycles. The van der Waals surface area contributed by atoms with E-state index in [-0.39, 0.29) is 18.5 Å². The molecule has 1 aliphatic rings. The summed E-state index contributed by atoms with van der Waals surface area (Å²) in [5.41, 5.74) is 0. The van der Waals surface area contributed by atoms with E-state index in [2.05, 4.69) is 79.1 Å². The third kappa shape index (κ3) is 57.1. The van der Waals surface area contributed by atoms with Crippen LogP contribution in [0, 0.1) is 0 Å². The minimum absolute atomic E-state index is 0.000447. The predicted octanol–water partition coefficient (Wildman–Crippen LogP) is 20.8. The van der Waals surface area contributed by atoms with Crippen LogP contribution in [0.4, 0.5) is 0 Å². The number of rotatable bonds is 68. The summed E-state index contributed by atoms with van der Waals surface area (Å²) < 4.78 is 16.7. The molecule has 0 bridgehead atoms. The summed E-state index contributed by atoms with van der Waals surface area (Å²) in [6.45, 7) is 4.09. The van der Waals surface area contributed by atoms with Crippen LogP contribution < -0.4 is 5.32 Å². The van der Waals surface area contributed by atoms with Crippen molar-refractivity contribution in [2.75, 3.05) is 19.8 Å². The monoisotopic (exact) mass is 1290 g/mol. The first-order valence-electron chi connectivity index (χ1n) is 38.8. The van der Waals surface area contributed by atoms with E-state index in [0.29, 0.717) is 19.4 Å². The normalized spacial score (nSPS) is 18.0. The lowest BCUT2D eigenvalue weighted by molar-refractivity contribution is -0.302. The molecule has 1 amide bonds. The Morgan fingerprint density at radius 1 is 0.424 bits per heavy atom. The van der Waals surface area contributed by atoms with Gasteiger partial charge in [-0.15, -0.1) is 0 Å². The Kier molecular flexibility index (Phi) is 65.3. The molecule has 0 spiro atoms. The van der Waals surface area contributed by atoms with Crippen molar-refractivity contribution < 1.29 is 49.3 Å². The zero-order chi connectivity index (χ0) is 66.5. The van der Waals surface area contributed by atoms with Gasteiger partial charge in [-0.2, -0.15) is 0 Å². The Morgan fingerprint density at radius 3 is 1.20 bits per heavy atom. The summed E-state index contributed by atoms with van der Waals surface area (Å²) in [6.07, 6.45) is 86.5. The van der Waals surface area contributed by atoms with Crippen molar-refractivity contribution in [2.24, 2.45) is 0 Å². The van der Waals surface area contributed by atoms with Gasteiger partial charge in [-0.3, -0.25) is 9.59 Å². The SMILES string of the molecule is C/C=C/CC/C=C/CC/C=C/C(O)C(COC1OC(CO)C(O)C(O)C1O)NC(=O)CCCCCCCCCCCCCCCCCCC/C=C\C/C=C\CCCCCCCCCCCCCCCCCOC(=O)CCCCCCC/C=C\C/C=C\CCCCCC. The number of amides is 1. The average molecular weight is 1290 g/mol. The third-order valence-corrected chi connectivity index (χ3v) is 18.0. The van der Waals surface area contributed by atoms with Crippen molar-refractivity contribution in [3.05, 3.63) is 85.1 Å². The number of hydrogen-bond donors (Lipinski definition) is 6. The van der Waals surface area contributed by atoms with Crippen LogP contribution in [-0.2, 0) is 23.8 Å². The highest BCUT2D eigenvalue weighted by Crippen LogP contribution is 2.23. The topological polar surface area (TPSA) is 175 Å². The predicted molar refractivity (Wildman–Crippen MR) is 389 cm³/mol. The van der Waals surface area contributed by atoms with Crippen LogP contribution in [0.2, 0.25) is 0 Å². The van der Waals surface area contributed by atoms with Gasteiger partial charge in [0.2, 0.25) is 5.91 Å². The highest BCUT2D eigenvalue weighted by molar-refractivity contribution is 5.76. The Morgan fingerprint density at radius 2 is 0.783 bits per heavy atom. The second-order valence-electron chi connectivity index (χ2n) is 26.7. The number of aliphatic hydroxyl groups is 5. The number of hydrogen-bond acceptors (Lipinski definition) is 10. The maximum absolute atomic E-state index is 13.0. The molecule has 534 valence electrons. The van der Waals surface area contributed by atoms with E-state index >= 15 is 0 Å². The number of esters is 1. The molecule has 11 nitrogen and oxygen atoms in total. The van der Waals surface area contributed by atoms with Gasteiger partial charge in [0.05, 0.1) is 32.0 Å². The van der Waals surface area contributed by atoms with E-state index in [1.165, 1.54) is 250 Å². The highest BCUT2D eigenvalue weighted by atomic mass is 16.7. The van der Waals surface area contributed by atoms with Gasteiger partial charge in [0.25, 0.3) is 0 Å². The molecule has 7 atom stereocenters. The molecule has 0 aliphatic carbocycles. The third-order valence-electron chi connectivity index (χ3n) is 18.0. The van der Waals surface area contributed by atoms with Crippen LogP contribution in [0.25, 0.3) is 0 Å². The first-order chi connectivity index (χ1) is 45.2. The smallest absolute Gasteiger partial charge is 0.305 e. The Balaban J connectivity index is 1.87. The Labute approximate surface area is 565 Å². The van der Waals surface area contributed by atoms with Gasteiger partial charge in [-0.25, -0.2) is 0 Å². The fourth-order valence-electron chi connectivity index (χ4n) is 11.9. The van der Waals surface area contributed by atoms with Gasteiger partial charge >= 0.3 is 5.97 Å². The molecule has 7 unspecified atom stereocenters. The van der Waals surface area contributed by atoms with Crippen molar-refractivity contribution in [3.8, 4) is 0 Å². The summed E-state index contributed by atoms with van der Waals surface area (Å²) >= 11 is 0. The molecule has 6 N–H and O–H groups in total. The second-order valence-corrected chi connectivity index (χ2v) is 26.7. The van der Waals surface area contributed by atoms with Crippen molar-refractivity contribution in [2.45, 2.75) is 397 Å². The molecule has 1 fully saturated rings. The van der Waals surface area contributed by atoms with E-state index in [1.54, 1.807) is 6.08 Å². The molecular weight excluding hydrogens is 1150 g/mol. The summed E-state index contributed by atoms with van der Waals surface area (Å²) in [5.74, 6) is -0.196.